The van der Waals surface area contributed by atoms with Gasteiger partial charge in [-0.15, -0.1) is 0 Å². The summed E-state index contributed by atoms with van der Waals surface area (Å²) >= 11 is 0. The fraction of sp³-hybridized carbons (Fsp3) is 0.292. The number of benzene rings is 1. The average molecular weight is 433 g/mol. The molecule has 4 heterocycles. The molecule has 2 atom stereocenters. The van der Waals surface area contributed by atoms with Crippen LogP contribution in [0, 0.1) is 5.82 Å². The van der Waals surface area contributed by atoms with E-state index in [2.05, 4.69) is 39.1 Å². The quantitative estimate of drug-likeness (QED) is 0.511. The van der Waals surface area contributed by atoms with E-state index in [0.717, 1.165) is 35.5 Å². The molecule has 0 aliphatic carbocycles. The summed E-state index contributed by atoms with van der Waals surface area (Å²) in [5, 5.41) is 8.49. The van der Waals surface area contributed by atoms with Crippen molar-refractivity contribution in [1.29, 1.82) is 0 Å². The molecule has 0 amide bonds. The first-order chi connectivity index (χ1) is 15.4. The van der Waals surface area contributed by atoms with Crippen molar-refractivity contribution in [3.63, 3.8) is 0 Å². The van der Waals surface area contributed by atoms with Gasteiger partial charge in [0.25, 0.3) is 0 Å². The van der Waals surface area contributed by atoms with Crippen LogP contribution < -0.4 is 10.2 Å². The van der Waals surface area contributed by atoms with Crippen LogP contribution in [-0.2, 0) is 11.8 Å². The third-order valence-corrected chi connectivity index (χ3v) is 5.54. The van der Waals surface area contributed by atoms with Crippen LogP contribution >= 0.6 is 0 Å². The van der Waals surface area contributed by atoms with Crippen LogP contribution in [0.5, 0.6) is 0 Å². The number of anilines is 3. The van der Waals surface area contributed by atoms with Crippen LogP contribution in [-0.4, -0.2) is 45.0 Å². The van der Waals surface area contributed by atoms with Gasteiger partial charge in [-0.3, -0.25) is 4.68 Å². The molecule has 1 saturated heterocycles. The molecule has 7 nitrogen and oxygen atoms in total. The molecule has 1 aromatic carbocycles. The molecule has 0 spiro atoms. The van der Waals surface area contributed by atoms with Gasteiger partial charge in [-0.05, 0) is 43.7 Å². The Morgan fingerprint density at radius 2 is 1.81 bits per heavy atom. The number of aryl methyl sites for hydroxylation is 1. The summed E-state index contributed by atoms with van der Waals surface area (Å²) in [5.41, 5.74) is 2.77. The van der Waals surface area contributed by atoms with Gasteiger partial charge in [-0.25, -0.2) is 14.4 Å². The Morgan fingerprint density at radius 1 is 1.03 bits per heavy atom. The van der Waals surface area contributed by atoms with Crippen LogP contribution in [0.4, 0.5) is 21.7 Å². The zero-order chi connectivity index (χ0) is 22.2. The van der Waals surface area contributed by atoms with Crippen molar-refractivity contribution < 1.29 is 9.13 Å². The number of fused-ring (bicyclic) bond motifs is 1. The molecule has 3 aromatic heterocycles. The number of pyridine rings is 2. The monoisotopic (exact) mass is 432 g/mol. The summed E-state index contributed by atoms with van der Waals surface area (Å²) in [7, 11) is 1.83. The molecule has 1 aliphatic heterocycles. The third kappa shape index (κ3) is 4.13. The summed E-state index contributed by atoms with van der Waals surface area (Å²) < 4.78 is 22.3. The number of rotatable bonds is 4. The summed E-state index contributed by atoms with van der Waals surface area (Å²) in [4.78, 5) is 11.2. The second-order valence-corrected chi connectivity index (χ2v) is 8.31. The smallest absolute Gasteiger partial charge is 0.133 e. The highest BCUT2D eigenvalue weighted by atomic mass is 19.1. The molecular formula is C24H25FN6O. The highest BCUT2D eigenvalue weighted by molar-refractivity contribution is 5.85. The Labute approximate surface area is 185 Å². The van der Waals surface area contributed by atoms with Gasteiger partial charge in [0.05, 0.1) is 17.7 Å². The molecule has 1 aliphatic rings. The number of morpholine rings is 1. The van der Waals surface area contributed by atoms with Crippen LogP contribution in [0.2, 0.25) is 0 Å². The molecule has 5 rings (SSSR count). The predicted molar refractivity (Wildman–Crippen MR) is 124 cm³/mol. The minimum Gasteiger partial charge on any atom is -0.372 e. The maximum atomic E-state index is 14.8. The summed E-state index contributed by atoms with van der Waals surface area (Å²) in [6, 6.07) is 10.8. The SMILES string of the molecule is C[C@@H]1CN(c2cc(Nc3cc(-c4cc5cn(C)nc5cc4F)ccn3)ccn2)C[C@H](C)O1. The van der Waals surface area contributed by atoms with E-state index in [4.69, 9.17) is 4.74 Å². The van der Waals surface area contributed by atoms with E-state index in [1.54, 1.807) is 23.1 Å². The lowest BCUT2D eigenvalue weighted by atomic mass is 10.0. The molecule has 4 aromatic rings. The fourth-order valence-corrected chi connectivity index (χ4v) is 4.24. The van der Waals surface area contributed by atoms with Crippen molar-refractivity contribution in [1.82, 2.24) is 19.7 Å². The molecule has 0 unspecified atom stereocenters. The van der Waals surface area contributed by atoms with Gasteiger partial charge < -0.3 is 15.0 Å². The molecule has 0 radical (unpaired) electrons. The predicted octanol–water partition coefficient (Wildman–Crippen LogP) is 4.53. The molecule has 0 bridgehead atoms. The molecular weight excluding hydrogens is 407 g/mol. The van der Waals surface area contributed by atoms with Crippen LogP contribution in [0.1, 0.15) is 13.8 Å². The third-order valence-electron chi connectivity index (χ3n) is 5.54. The maximum Gasteiger partial charge on any atom is 0.133 e. The normalized spacial score (nSPS) is 18.8. The molecule has 1 fully saturated rings. The lowest BCUT2D eigenvalue weighted by molar-refractivity contribution is -0.00545. The van der Waals surface area contributed by atoms with Crippen LogP contribution in [0.15, 0.2) is 55.0 Å². The van der Waals surface area contributed by atoms with Crippen molar-refractivity contribution in [3.8, 4) is 11.1 Å². The Kier molecular flexibility index (Phi) is 5.22. The van der Waals surface area contributed by atoms with Gasteiger partial charge in [0.1, 0.15) is 17.5 Å². The average Bonchev–Trinajstić information content (AvgIpc) is 3.11. The minimum absolute atomic E-state index is 0.155. The van der Waals surface area contributed by atoms with E-state index in [1.807, 2.05) is 37.5 Å². The second-order valence-electron chi connectivity index (χ2n) is 8.31. The molecule has 8 heteroatoms. The van der Waals surface area contributed by atoms with E-state index in [9.17, 15) is 4.39 Å². The standard InChI is InChI=1S/C24H25FN6O/c1-15-12-31(13-16(2)32-15)24-10-19(5-7-27-24)28-23-9-17(4-6-26-23)20-8-18-14-30(3)29-22(18)11-21(20)25/h4-11,14-16H,12-13H2,1-3H3,(H,26,27,28)/t15-,16+. The van der Waals surface area contributed by atoms with E-state index < -0.39 is 0 Å². The molecule has 1 N–H and O–H groups in total. The zero-order valence-corrected chi connectivity index (χ0v) is 18.3. The first-order valence-corrected chi connectivity index (χ1v) is 10.7. The topological polar surface area (TPSA) is 68.1 Å². The summed E-state index contributed by atoms with van der Waals surface area (Å²) in [5.74, 6) is 1.21. The van der Waals surface area contributed by atoms with Gasteiger partial charge in [-0.2, -0.15) is 5.10 Å². The van der Waals surface area contributed by atoms with Crippen molar-refractivity contribution in [2.24, 2.45) is 7.05 Å². The molecule has 32 heavy (non-hydrogen) atoms. The van der Waals surface area contributed by atoms with Gasteiger partial charge in [-0.1, -0.05) is 0 Å². The van der Waals surface area contributed by atoms with Gasteiger partial charge in [0.2, 0.25) is 0 Å². The maximum absolute atomic E-state index is 14.8. The first kappa shape index (κ1) is 20.4. The second kappa shape index (κ2) is 8.20. The zero-order valence-electron chi connectivity index (χ0n) is 18.3. The number of nitrogens with zero attached hydrogens (tertiary/aromatic N) is 5. The van der Waals surface area contributed by atoms with Gasteiger partial charge in [0.15, 0.2) is 0 Å². The van der Waals surface area contributed by atoms with E-state index in [1.165, 1.54) is 6.07 Å². The first-order valence-electron chi connectivity index (χ1n) is 10.7. The Bertz CT molecular complexity index is 1260. The Balaban J connectivity index is 1.41. The van der Waals surface area contributed by atoms with E-state index in [0.29, 0.717) is 16.9 Å². The van der Waals surface area contributed by atoms with Crippen molar-refractivity contribution in [3.05, 3.63) is 60.8 Å². The number of hydrogen-bond donors (Lipinski definition) is 1. The Hall–Kier alpha value is -3.52. The number of halogens is 1. The van der Waals surface area contributed by atoms with Gasteiger partial charge in [0, 0.05) is 67.5 Å². The van der Waals surface area contributed by atoms with Crippen LogP contribution in [0.25, 0.3) is 22.0 Å². The highest BCUT2D eigenvalue weighted by Gasteiger charge is 2.23. The van der Waals surface area contributed by atoms with Crippen molar-refractivity contribution >= 4 is 28.2 Å². The number of ether oxygens (including phenoxy) is 1. The minimum atomic E-state index is -0.310. The Morgan fingerprint density at radius 3 is 2.62 bits per heavy atom. The van der Waals surface area contributed by atoms with Crippen LogP contribution in [0.3, 0.4) is 0 Å². The summed E-state index contributed by atoms with van der Waals surface area (Å²) in [6.45, 7) is 5.74. The van der Waals surface area contributed by atoms with E-state index >= 15 is 0 Å². The highest BCUT2D eigenvalue weighted by Crippen LogP contribution is 2.29. The van der Waals surface area contributed by atoms with Crippen molar-refractivity contribution in [2.75, 3.05) is 23.3 Å². The number of nitrogens with one attached hydrogen (secondary N) is 1. The van der Waals surface area contributed by atoms with E-state index in [-0.39, 0.29) is 18.0 Å². The lowest BCUT2D eigenvalue weighted by Crippen LogP contribution is -2.45. The van der Waals surface area contributed by atoms with Gasteiger partial charge >= 0.3 is 0 Å². The number of aromatic nitrogens is 4. The molecule has 164 valence electrons. The number of hydrogen-bond acceptors (Lipinski definition) is 6. The van der Waals surface area contributed by atoms with Crippen molar-refractivity contribution in [2.45, 2.75) is 26.1 Å². The summed E-state index contributed by atoms with van der Waals surface area (Å²) in [6.07, 6.45) is 5.65. The molecule has 0 saturated carbocycles. The lowest BCUT2D eigenvalue weighted by Gasteiger charge is -2.36. The largest absolute Gasteiger partial charge is 0.372 e. The fourth-order valence-electron chi connectivity index (χ4n) is 4.24.